The van der Waals surface area contributed by atoms with Crippen LogP contribution in [0.1, 0.15) is 0 Å². The average molecular weight is 188 g/mol. The molecule has 1 atom stereocenters. The van der Waals surface area contributed by atoms with E-state index in [4.69, 9.17) is 22.9 Å². The van der Waals surface area contributed by atoms with Gasteiger partial charge in [0.15, 0.2) is 0 Å². The minimum atomic E-state index is -0.676. The quantitative estimate of drug-likeness (QED) is 0.402. The van der Waals surface area contributed by atoms with Gasteiger partial charge in [0.25, 0.3) is 5.91 Å². The molecule has 0 aliphatic heterocycles. The van der Waals surface area contributed by atoms with Crippen molar-refractivity contribution in [1.82, 2.24) is 10.6 Å². The summed E-state index contributed by atoms with van der Waals surface area (Å²) in [6.07, 6.45) is 0. The van der Waals surface area contributed by atoms with Gasteiger partial charge in [0.1, 0.15) is 6.04 Å². The van der Waals surface area contributed by atoms with Gasteiger partial charge in [-0.3, -0.25) is 15.4 Å². The number of carbonyl (C=O) groups excluding carboxylic acids is 1. The molecule has 0 aliphatic rings. The summed E-state index contributed by atoms with van der Waals surface area (Å²) in [5.74, 6) is -0.676. The second-order valence-corrected chi connectivity index (χ2v) is 2.73. The predicted octanol–water partition coefficient (Wildman–Crippen LogP) is -2.66. The monoisotopic (exact) mass is 188 g/mol. The van der Waals surface area contributed by atoms with E-state index in [-0.39, 0.29) is 6.54 Å². The SMILES string of the molecule is [NH]C(=O)C(CN)N(CCN)CCN. The molecule has 7 N–H and O–H groups in total. The molecule has 0 spiro atoms. The van der Waals surface area contributed by atoms with E-state index in [1.807, 2.05) is 0 Å². The van der Waals surface area contributed by atoms with Crippen LogP contribution in [0.25, 0.3) is 0 Å². The lowest BCUT2D eigenvalue weighted by atomic mass is 10.2. The molecule has 0 bridgehead atoms. The van der Waals surface area contributed by atoms with Crippen molar-refractivity contribution in [3.63, 3.8) is 0 Å². The number of nitrogens with two attached hydrogens (primary N) is 3. The first kappa shape index (κ1) is 12.3. The largest absolute Gasteiger partial charge is 0.329 e. The molecule has 0 fully saturated rings. The Hall–Kier alpha value is -0.690. The number of rotatable bonds is 7. The van der Waals surface area contributed by atoms with E-state index >= 15 is 0 Å². The van der Waals surface area contributed by atoms with E-state index in [1.54, 1.807) is 4.90 Å². The van der Waals surface area contributed by atoms with Crippen molar-refractivity contribution in [2.24, 2.45) is 17.2 Å². The summed E-state index contributed by atoms with van der Waals surface area (Å²) in [6.45, 7) is 2.10. The molecule has 1 radical (unpaired) electrons. The summed E-state index contributed by atoms with van der Waals surface area (Å²) < 4.78 is 0. The lowest BCUT2D eigenvalue weighted by molar-refractivity contribution is -0.123. The van der Waals surface area contributed by atoms with Gasteiger partial charge in [-0.2, -0.15) is 0 Å². The standard InChI is InChI=1S/C7H18N5O/c8-1-3-12(4-2-9)6(5-10)7(11)13/h6,11H,1-5,8-10H2. The van der Waals surface area contributed by atoms with Crippen LogP contribution >= 0.6 is 0 Å². The molecule has 0 saturated carbocycles. The van der Waals surface area contributed by atoms with Gasteiger partial charge in [0.2, 0.25) is 0 Å². The first-order chi connectivity index (χ1) is 6.17. The molecule has 13 heavy (non-hydrogen) atoms. The topological polar surface area (TPSA) is 122 Å². The van der Waals surface area contributed by atoms with E-state index in [0.29, 0.717) is 26.2 Å². The van der Waals surface area contributed by atoms with Crippen molar-refractivity contribution in [2.75, 3.05) is 32.7 Å². The summed E-state index contributed by atoms with van der Waals surface area (Å²) in [4.78, 5) is 12.6. The fraction of sp³-hybridized carbons (Fsp3) is 0.857. The number of hydrogen-bond donors (Lipinski definition) is 3. The van der Waals surface area contributed by atoms with Gasteiger partial charge in [-0.15, -0.1) is 0 Å². The number of hydrogen-bond acceptors (Lipinski definition) is 5. The van der Waals surface area contributed by atoms with Crippen LogP contribution in [0, 0.1) is 0 Å². The van der Waals surface area contributed by atoms with E-state index < -0.39 is 11.9 Å². The Morgan fingerprint density at radius 3 is 1.92 bits per heavy atom. The molecule has 0 aromatic heterocycles. The Morgan fingerprint density at radius 2 is 1.69 bits per heavy atom. The molecule has 0 aromatic carbocycles. The Labute approximate surface area is 78.2 Å². The summed E-state index contributed by atoms with van der Waals surface area (Å²) in [5, 5.41) is 0. The fourth-order valence-electron chi connectivity index (χ4n) is 1.18. The zero-order chi connectivity index (χ0) is 10.3. The van der Waals surface area contributed by atoms with Crippen molar-refractivity contribution in [3.8, 4) is 0 Å². The zero-order valence-corrected chi connectivity index (χ0v) is 7.70. The first-order valence-electron chi connectivity index (χ1n) is 4.27. The predicted molar refractivity (Wildman–Crippen MR) is 50.6 cm³/mol. The third-order valence-corrected chi connectivity index (χ3v) is 1.80. The van der Waals surface area contributed by atoms with E-state index in [2.05, 4.69) is 0 Å². The summed E-state index contributed by atoms with van der Waals surface area (Å²) in [5.41, 5.74) is 23.1. The molecule has 1 amide bonds. The third-order valence-electron chi connectivity index (χ3n) is 1.80. The molecule has 0 saturated heterocycles. The second-order valence-electron chi connectivity index (χ2n) is 2.73. The highest BCUT2D eigenvalue weighted by Crippen LogP contribution is 1.96. The maximum absolute atomic E-state index is 10.8. The Morgan fingerprint density at radius 1 is 1.23 bits per heavy atom. The molecule has 0 rings (SSSR count). The number of nitrogens with one attached hydrogen (secondary N) is 1. The van der Waals surface area contributed by atoms with Crippen LogP contribution in [0.15, 0.2) is 0 Å². The zero-order valence-electron chi connectivity index (χ0n) is 7.70. The molecule has 0 aliphatic carbocycles. The number of nitrogens with zero attached hydrogens (tertiary/aromatic N) is 1. The normalized spacial score (nSPS) is 13.2. The molecule has 6 heteroatoms. The first-order valence-corrected chi connectivity index (χ1v) is 4.27. The molecule has 0 aromatic rings. The van der Waals surface area contributed by atoms with Crippen molar-refractivity contribution in [2.45, 2.75) is 6.04 Å². The molecule has 0 heterocycles. The van der Waals surface area contributed by atoms with Crippen molar-refractivity contribution < 1.29 is 4.79 Å². The van der Waals surface area contributed by atoms with Crippen LogP contribution in [0.4, 0.5) is 0 Å². The van der Waals surface area contributed by atoms with Crippen LogP contribution in [-0.4, -0.2) is 49.6 Å². The Bertz CT molecular complexity index is 146. The molecule has 6 nitrogen and oxygen atoms in total. The maximum atomic E-state index is 10.8. The van der Waals surface area contributed by atoms with E-state index in [0.717, 1.165) is 0 Å². The van der Waals surface area contributed by atoms with Gasteiger partial charge >= 0.3 is 0 Å². The van der Waals surface area contributed by atoms with Gasteiger partial charge in [-0.1, -0.05) is 0 Å². The van der Waals surface area contributed by atoms with Crippen LogP contribution in [0.2, 0.25) is 0 Å². The van der Waals surface area contributed by atoms with Crippen LogP contribution in [0.5, 0.6) is 0 Å². The lowest BCUT2D eigenvalue weighted by Crippen LogP contribution is -2.50. The van der Waals surface area contributed by atoms with Crippen LogP contribution < -0.4 is 22.9 Å². The molecular weight excluding hydrogens is 170 g/mol. The highest BCUT2D eigenvalue weighted by Gasteiger charge is 2.21. The number of carbonyl (C=O) groups is 1. The van der Waals surface area contributed by atoms with Gasteiger partial charge in [-0.05, 0) is 0 Å². The van der Waals surface area contributed by atoms with Gasteiger partial charge in [0.05, 0.1) is 0 Å². The minimum Gasteiger partial charge on any atom is -0.329 e. The summed E-state index contributed by atoms with van der Waals surface area (Å²) >= 11 is 0. The second kappa shape index (κ2) is 6.79. The maximum Gasteiger partial charge on any atom is 0.257 e. The van der Waals surface area contributed by atoms with Crippen molar-refractivity contribution in [1.29, 1.82) is 0 Å². The molecule has 77 valence electrons. The third kappa shape index (κ3) is 4.18. The van der Waals surface area contributed by atoms with Crippen LogP contribution in [0.3, 0.4) is 0 Å². The van der Waals surface area contributed by atoms with Crippen molar-refractivity contribution in [3.05, 3.63) is 0 Å². The summed E-state index contributed by atoms with van der Waals surface area (Å²) in [6, 6.07) is -0.563. The highest BCUT2D eigenvalue weighted by molar-refractivity contribution is 5.79. The summed E-state index contributed by atoms with van der Waals surface area (Å²) in [7, 11) is 0. The van der Waals surface area contributed by atoms with E-state index in [9.17, 15) is 4.79 Å². The average Bonchev–Trinajstić information content (AvgIpc) is 2.05. The van der Waals surface area contributed by atoms with Gasteiger partial charge in [-0.25, -0.2) is 0 Å². The molecule has 1 unspecified atom stereocenters. The molecular formula is C7H18N5O. The number of amides is 1. The van der Waals surface area contributed by atoms with Crippen molar-refractivity contribution >= 4 is 5.91 Å². The Kier molecular flexibility index (Phi) is 6.43. The lowest BCUT2D eigenvalue weighted by Gasteiger charge is -2.26. The minimum absolute atomic E-state index is 0.141. The smallest absolute Gasteiger partial charge is 0.257 e. The van der Waals surface area contributed by atoms with Crippen LogP contribution in [-0.2, 0) is 4.79 Å². The fourth-order valence-corrected chi connectivity index (χ4v) is 1.18. The van der Waals surface area contributed by atoms with Gasteiger partial charge in [0, 0.05) is 32.7 Å². The van der Waals surface area contributed by atoms with Gasteiger partial charge < -0.3 is 17.2 Å². The Balaban J connectivity index is 4.20. The van der Waals surface area contributed by atoms with E-state index in [1.165, 1.54) is 0 Å². The highest BCUT2D eigenvalue weighted by atomic mass is 16.1.